The number of likely N-dealkylation sites (N-methyl/N-ethyl adjacent to an activating group) is 1. The van der Waals surface area contributed by atoms with Crippen molar-refractivity contribution in [3.05, 3.63) is 202 Å². The molecule has 2 atom stereocenters. The topological polar surface area (TPSA) is 55.0 Å². The Balaban J connectivity index is 1.39. The van der Waals surface area contributed by atoms with Crippen molar-refractivity contribution in [2.24, 2.45) is 0 Å². The fourth-order valence-corrected chi connectivity index (χ4v) is 8.17. The van der Waals surface area contributed by atoms with Crippen LogP contribution in [0.3, 0.4) is 0 Å². The van der Waals surface area contributed by atoms with Crippen LogP contribution in [0.5, 0.6) is 0 Å². The van der Waals surface area contributed by atoms with Crippen LogP contribution in [0.25, 0.3) is 33.5 Å². The third kappa shape index (κ3) is 7.23. The molecule has 270 valence electrons. The summed E-state index contributed by atoms with van der Waals surface area (Å²) < 4.78 is 2.41. The molecule has 2 unspecified atom stereocenters. The van der Waals surface area contributed by atoms with Crippen LogP contribution in [0.2, 0.25) is 5.02 Å². The first kappa shape index (κ1) is 36.5. The van der Waals surface area contributed by atoms with E-state index in [0.717, 1.165) is 51.6 Å². The first-order chi connectivity index (χ1) is 26.4. The van der Waals surface area contributed by atoms with Crippen molar-refractivity contribution >= 4 is 56.4 Å². The second kappa shape index (κ2) is 16.5. The summed E-state index contributed by atoms with van der Waals surface area (Å²) in [5, 5.41) is 13.0. The van der Waals surface area contributed by atoms with Crippen LogP contribution in [0.15, 0.2) is 175 Å². The van der Waals surface area contributed by atoms with Crippen LogP contribution >= 0.6 is 11.6 Å². The number of fused-ring (bicyclic) bond motifs is 3. The summed E-state index contributed by atoms with van der Waals surface area (Å²) in [5.74, 6) is -0.167. The molecule has 1 aliphatic rings. The van der Waals surface area contributed by atoms with E-state index in [4.69, 9.17) is 17.3 Å². The van der Waals surface area contributed by atoms with Crippen molar-refractivity contribution in [3.63, 3.8) is 0 Å². The molecule has 5 aromatic carbocycles. The van der Waals surface area contributed by atoms with Gasteiger partial charge in [-0.1, -0.05) is 133 Å². The molecule has 0 bridgehead atoms. The van der Waals surface area contributed by atoms with Crippen molar-refractivity contribution in [2.75, 3.05) is 18.1 Å². The highest BCUT2D eigenvalue weighted by Gasteiger charge is 2.31. The number of nitrogens with one attached hydrogen (secondary N) is 2. The van der Waals surface area contributed by atoms with Gasteiger partial charge in [0.15, 0.2) is 0 Å². The van der Waals surface area contributed by atoms with Crippen molar-refractivity contribution in [2.45, 2.75) is 38.8 Å². The Morgan fingerprint density at radius 2 is 1.56 bits per heavy atom. The van der Waals surface area contributed by atoms with Crippen molar-refractivity contribution in [1.29, 1.82) is 0 Å². The van der Waals surface area contributed by atoms with Gasteiger partial charge < -0.3 is 15.6 Å². The number of hydrogen-bond acceptors (Lipinski definition) is 3. The average molecular weight is 727 g/mol. The zero-order valence-corrected chi connectivity index (χ0v) is 31.9. The maximum atomic E-state index is 6.96. The fraction of sp³-hybridized carbons (Fsp3) is 0.143. The number of hydrogen-bond donors (Lipinski definition) is 3. The van der Waals surface area contributed by atoms with Crippen molar-refractivity contribution < 1.29 is 0 Å². The SMILES string of the molecule is C=C/C=c1/cccc/c1=C(/C)C1=C(Nc2ccc3c(c2)c2ccccc2n3C(NC)C(c2ccccc2N)c2ccccc2Cl)CCC(/C=C\C=C/C)=C1. The van der Waals surface area contributed by atoms with Gasteiger partial charge in [-0.3, -0.25) is 5.32 Å². The molecule has 0 aliphatic heterocycles. The van der Waals surface area contributed by atoms with Gasteiger partial charge in [0.05, 0.1) is 17.2 Å². The normalized spacial score (nSPS) is 15.6. The van der Waals surface area contributed by atoms with Gasteiger partial charge in [-0.05, 0) is 114 Å². The lowest BCUT2D eigenvalue weighted by molar-refractivity contribution is 0.413. The van der Waals surface area contributed by atoms with E-state index in [1.807, 2.05) is 56.4 Å². The van der Waals surface area contributed by atoms with Crippen LogP contribution < -0.4 is 26.8 Å². The third-order valence-corrected chi connectivity index (χ3v) is 10.8. The highest BCUT2D eigenvalue weighted by Crippen LogP contribution is 2.44. The largest absolute Gasteiger partial charge is 0.398 e. The molecule has 0 fully saturated rings. The van der Waals surface area contributed by atoms with Gasteiger partial charge in [0.25, 0.3) is 0 Å². The number of para-hydroxylation sites is 2. The molecule has 5 heteroatoms. The summed E-state index contributed by atoms with van der Waals surface area (Å²) in [6.07, 6.45) is 16.4. The summed E-state index contributed by atoms with van der Waals surface area (Å²) in [6.45, 7) is 8.24. The van der Waals surface area contributed by atoms with Crippen molar-refractivity contribution in [1.82, 2.24) is 9.88 Å². The van der Waals surface area contributed by atoms with Crippen LogP contribution in [0.1, 0.15) is 49.9 Å². The Bertz CT molecular complexity index is 2550. The lowest BCUT2D eigenvalue weighted by Gasteiger charge is -2.32. The highest BCUT2D eigenvalue weighted by atomic mass is 35.5. The summed E-state index contributed by atoms with van der Waals surface area (Å²) in [4.78, 5) is 0. The summed E-state index contributed by atoms with van der Waals surface area (Å²) >= 11 is 6.96. The fourth-order valence-electron chi connectivity index (χ4n) is 7.92. The maximum Gasteiger partial charge on any atom is 0.0955 e. The minimum absolute atomic E-state index is 0.167. The van der Waals surface area contributed by atoms with Gasteiger partial charge in [-0.15, -0.1) is 0 Å². The van der Waals surface area contributed by atoms with Gasteiger partial charge in [-0.2, -0.15) is 0 Å². The van der Waals surface area contributed by atoms with E-state index in [-0.39, 0.29) is 12.1 Å². The number of nitrogens with zero attached hydrogens (tertiary/aromatic N) is 1. The van der Waals surface area contributed by atoms with Crippen LogP contribution in [0, 0.1) is 0 Å². The number of allylic oxidation sites excluding steroid dienone is 9. The first-order valence-electron chi connectivity index (χ1n) is 18.6. The lowest BCUT2D eigenvalue weighted by atomic mass is 9.87. The zero-order chi connectivity index (χ0) is 37.6. The monoisotopic (exact) mass is 726 g/mol. The third-order valence-electron chi connectivity index (χ3n) is 10.5. The standard InChI is InChI=1S/C49H47ClN4/c1-5-7-8-18-34-27-29-45(41(31-34)33(3)37-20-10-9-19-35(37)17-6-2)53-36-28-30-47-42(32-36)38-21-13-16-26-46(38)54(47)49(52-4)48(39-22-11-14-24-43(39)50)40-23-12-15-25-44(40)51/h5-26,28,30-32,48-49,52-53H,2,27,29,51H2,1,3-4H3/b7-5-,18-8-,35-17-,37-33+. The van der Waals surface area contributed by atoms with Gasteiger partial charge >= 0.3 is 0 Å². The zero-order valence-electron chi connectivity index (χ0n) is 31.2. The van der Waals surface area contributed by atoms with Gasteiger partial charge in [0, 0.05) is 38.8 Å². The van der Waals surface area contributed by atoms with Gasteiger partial charge in [-0.25, -0.2) is 0 Å². The highest BCUT2D eigenvalue weighted by molar-refractivity contribution is 6.31. The molecule has 4 nitrogen and oxygen atoms in total. The molecule has 0 amide bonds. The van der Waals surface area contributed by atoms with E-state index in [1.165, 1.54) is 38.4 Å². The Morgan fingerprint density at radius 1 is 0.833 bits per heavy atom. The Hall–Kier alpha value is -5.81. The van der Waals surface area contributed by atoms with Gasteiger partial charge in [0.1, 0.15) is 0 Å². The molecule has 0 saturated carbocycles. The van der Waals surface area contributed by atoms with Crippen LogP contribution in [-0.4, -0.2) is 11.6 Å². The molecule has 1 heterocycles. The van der Waals surface area contributed by atoms with E-state index in [0.29, 0.717) is 5.02 Å². The second-order valence-electron chi connectivity index (χ2n) is 13.7. The number of nitrogen functional groups attached to an aromatic ring is 1. The van der Waals surface area contributed by atoms with E-state index in [1.54, 1.807) is 0 Å². The number of rotatable bonds is 11. The molecule has 7 rings (SSSR count). The van der Waals surface area contributed by atoms with E-state index in [2.05, 4.69) is 144 Å². The Kier molecular flexibility index (Phi) is 11.1. The smallest absolute Gasteiger partial charge is 0.0955 e. The Morgan fingerprint density at radius 3 is 2.33 bits per heavy atom. The molecular weight excluding hydrogens is 680 g/mol. The summed E-state index contributed by atoms with van der Waals surface area (Å²) in [7, 11) is 2.01. The van der Waals surface area contributed by atoms with E-state index >= 15 is 0 Å². The van der Waals surface area contributed by atoms with E-state index in [9.17, 15) is 0 Å². The predicted molar refractivity (Wildman–Crippen MR) is 233 cm³/mol. The minimum atomic E-state index is -0.202. The molecule has 0 spiro atoms. The Labute approximate surface area is 323 Å². The van der Waals surface area contributed by atoms with Crippen LogP contribution in [-0.2, 0) is 0 Å². The number of aromatic nitrogens is 1. The van der Waals surface area contributed by atoms with E-state index < -0.39 is 0 Å². The van der Waals surface area contributed by atoms with Crippen molar-refractivity contribution in [3.8, 4) is 0 Å². The molecule has 6 aromatic rings. The molecule has 54 heavy (non-hydrogen) atoms. The maximum absolute atomic E-state index is 6.96. The number of nitrogens with two attached hydrogens (primary N) is 1. The average Bonchev–Trinajstić information content (AvgIpc) is 3.52. The quantitative estimate of drug-likeness (QED) is 0.0920. The number of halogens is 1. The second-order valence-corrected chi connectivity index (χ2v) is 14.1. The summed E-state index contributed by atoms with van der Waals surface area (Å²) in [6, 6.07) is 40.1. The number of benzene rings is 5. The van der Waals surface area contributed by atoms with Crippen LogP contribution in [0.4, 0.5) is 11.4 Å². The molecular formula is C49H47ClN4. The molecule has 4 N–H and O–H groups in total. The molecule has 1 aromatic heterocycles. The number of anilines is 2. The lowest BCUT2D eigenvalue weighted by Crippen LogP contribution is -2.30. The minimum Gasteiger partial charge on any atom is -0.398 e. The summed E-state index contributed by atoms with van der Waals surface area (Å²) in [5.41, 5.74) is 17.7. The predicted octanol–water partition coefficient (Wildman–Crippen LogP) is 10.9. The molecule has 0 radical (unpaired) electrons. The first-order valence-corrected chi connectivity index (χ1v) is 19.0. The molecule has 1 aliphatic carbocycles. The van der Waals surface area contributed by atoms with Gasteiger partial charge in [0.2, 0.25) is 0 Å². The molecule has 0 saturated heterocycles.